The molecule has 0 radical (unpaired) electrons. The molecule has 22 heavy (non-hydrogen) atoms. The van der Waals surface area contributed by atoms with Crippen molar-refractivity contribution in [2.75, 3.05) is 11.9 Å². The topological polar surface area (TPSA) is 50.4 Å². The van der Waals surface area contributed by atoms with E-state index in [-0.39, 0.29) is 11.7 Å². The van der Waals surface area contributed by atoms with Crippen LogP contribution in [0.3, 0.4) is 0 Å². The van der Waals surface area contributed by atoms with Gasteiger partial charge in [-0.25, -0.2) is 0 Å². The summed E-state index contributed by atoms with van der Waals surface area (Å²) < 4.78 is 42.3. The Hall–Kier alpha value is -1.83. The first-order chi connectivity index (χ1) is 9.97. The summed E-state index contributed by atoms with van der Waals surface area (Å²) in [7, 11) is 0. The Morgan fingerprint density at radius 2 is 1.73 bits per heavy atom. The van der Waals surface area contributed by atoms with Gasteiger partial charge in [-0.2, -0.15) is 13.2 Å². The fraction of sp³-hybridized carbons (Fsp3) is 0.429. The molecule has 4 nitrogen and oxygen atoms in total. The summed E-state index contributed by atoms with van der Waals surface area (Å²) >= 11 is 4.95. The molecule has 1 aromatic rings. The van der Waals surface area contributed by atoms with Gasteiger partial charge in [-0.15, -0.1) is 0 Å². The minimum atomic E-state index is -4.38. The predicted molar refractivity (Wildman–Crippen MR) is 81.5 cm³/mol. The van der Waals surface area contributed by atoms with Crippen LogP contribution >= 0.6 is 12.2 Å². The number of hydrogen-bond donors (Lipinski definition) is 2. The standard InChI is InChI=1S/C14H17F3N2O2S/c1-13(2,3)21-11(20)8-18-12(22)19-10-6-4-9(5-7-10)14(15,16)17/h4-7H,8H2,1-3H3,(H2,18,19,22). The highest BCUT2D eigenvalue weighted by molar-refractivity contribution is 7.80. The number of halogens is 3. The summed E-state index contributed by atoms with van der Waals surface area (Å²) in [6.45, 7) is 5.08. The van der Waals surface area contributed by atoms with E-state index in [1.54, 1.807) is 20.8 Å². The molecule has 0 aliphatic heterocycles. The van der Waals surface area contributed by atoms with Crippen molar-refractivity contribution in [2.24, 2.45) is 0 Å². The largest absolute Gasteiger partial charge is 0.459 e. The van der Waals surface area contributed by atoms with Crippen molar-refractivity contribution in [3.63, 3.8) is 0 Å². The maximum Gasteiger partial charge on any atom is 0.416 e. The van der Waals surface area contributed by atoms with E-state index in [0.29, 0.717) is 5.69 Å². The van der Waals surface area contributed by atoms with E-state index in [2.05, 4.69) is 10.6 Å². The van der Waals surface area contributed by atoms with Crippen molar-refractivity contribution >= 4 is 29.0 Å². The number of esters is 1. The fourth-order valence-corrected chi connectivity index (χ4v) is 1.64. The minimum absolute atomic E-state index is 0.116. The van der Waals surface area contributed by atoms with Gasteiger partial charge in [0.15, 0.2) is 5.11 Å². The second kappa shape index (κ2) is 6.95. The van der Waals surface area contributed by atoms with E-state index in [1.807, 2.05) is 0 Å². The van der Waals surface area contributed by atoms with Gasteiger partial charge in [-0.3, -0.25) is 4.79 Å². The summed E-state index contributed by atoms with van der Waals surface area (Å²) in [5.74, 6) is -0.482. The lowest BCUT2D eigenvalue weighted by atomic mass is 10.2. The van der Waals surface area contributed by atoms with Crippen LogP contribution in [0.4, 0.5) is 18.9 Å². The number of alkyl halides is 3. The van der Waals surface area contributed by atoms with Crippen LogP contribution in [0.1, 0.15) is 26.3 Å². The van der Waals surface area contributed by atoms with Crippen molar-refractivity contribution in [1.29, 1.82) is 0 Å². The van der Waals surface area contributed by atoms with Crippen LogP contribution in [0, 0.1) is 0 Å². The molecule has 2 N–H and O–H groups in total. The van der Waals surface area contributed by atoms with Gasteiger partial charge in [0.25, 0.3) is 0 Å². The second-order valence-corrected chi connectivity index (χ2v) is 5.88. The number of thiocarbonyl (C=S) groups is 1. The highest BCUT2D eigenvalue weighted by Gasteiger charge is 2.29. The predicted octanol–water partition coefficient (Wildman–Crippen LogP) is 3.33. The van der Waals surface area contributed by atoms with Crippen LogP contribution < -0.4 is 10.6 Å². The Labute approximate surface area is 132 Å². The first-order valence-corrected chi connectivity index (χ1v) is 6.82. The van der Waals surface area contributed by atoms with Crippen LogP contribution in [0.5, 0.6) is 0 Å². The smallest absolute Gasteiger partial charge is 0.416 e. The molecule has 122 valence electrons. The number of ether oxygens (including phenoxy) is 1. The fourth-order valence-electron chi connectivity index (χ4n) is 1.45. The van der Waals surface area contributed by atoms with Gasteiger partial charge in [0.05, 0.1) is 5.56 Å². The Morgan fingerprint density at radius 3 is 2.18 bits per heavy atom. The zero-order chi connectivity index (χ0) is 17.0. The molecule has 1 rings (SSSR count). The van der Waals surface area contributed by atoms with Crippen LogP contribution in [0.15, 0.2) is 24.3 Å². The normalized spacial score (nSPS) is 11.7. The maximum absolute atomic E-state index is 12.4. The van der Waals surface area contributed by atoms with Crippen LogP contribution in [0.2, 0.25) is 0 Å². The highest BCUT2D eigenvalue weighted by Crippen LogP contribution is 2.29. The molecule has 0 heterocycles. The zero-order valence-corrected chi connectivity index (χ0v) is 13.2. The van der Waals surface area contributed by atoms with Crippen LogP contribution in [0.25, 0.3) is 0 Å². The van der Waals surface area contributed by atoms with Crippen LogP contribution in [-0.4, -0.2) is 23.2 Å². The third-order valence-electron chi connectivity index (χ3n) is 2.28. The van der Waals surface area contributed by atoms with E-state index in [4.69, 9.17) is 17.0 Å². The van der Waals surface area contributed by atoms with Gasteiger partial charge >= 0.3 is 12.1 Å². The zero-order valence-electron chi connectivity index (χ0n) is 12.4. The third-order valence-corrected chi connectivity index (χ3v) is 2.53. The monoisotopic (exact) mass is 334 g/mol. The average molecular weight is 334 g/mol. The molecular formula is C14H17F3N2O2S. The Morgan fingerprint density at radius 1 is 1.18 bits per heavy atom. The molecule has 0 aliphatic rings. The Bertz CT molecular complexity index is 537. The molecule has 8 heteroatoms. The van der Waals surface area contributed by atoms with Gasteiger partial charge in [-0.1, -0.05) is 0 Å². The molecular weight excluding hydrogens is 317 g/mol. The van der Waals surface area contributed by atoms with Crippen molar-refractivity contribution in [3.8, 4) is 0 Å². The van der Waals surface area contributed by atoms with Crippen molar-refractivity contribution in [3.05, 3.63) is 29.8 Å². The molecule has 1 aromatic carbocycles. The third kappa shape index (κ3) is 6.75. The van der Waals surface area contributed by atoms with E-state index in [1.165, 1.54) is 12.1 Å². The summed E-state index contributed by atoms with van der Waals surface area (Å²) in [5, 5.41) is 5.42. The molecule has 0 amide bonds. The van der Waals surface area contributed by atoms with Crippen LogP contribution in [-0.2, 0) is 15.7 Å². The highest BCUT2D eigenvalue weighted by atomic mass is 32.1. The Kier molecular flexibility index (Phi) is 5.76. The number of carbonyl (C=O) groups excluding carboxylic acids is 1. The number of anilines is 1. The minimum Gasteiger partial charge on any atom is -0.459 e. The van der Waals surface area contributed by atoms with E-state index < -0.39 is 23.3 Å². The first-order valence-electron chi connectivity index (χ1n) is 6.41. The lowest BCUT2D eigenvalue weighted by Gasteiger charge is -2.20. The van der Waals surface area contributed by atoms with Gasteiger partial charge in [-0.05, 0) is 57.3 Å². The lowest BCUT2D eigenvalue weighted by molar-refractivity contribution is -0.153. The van der Waals surface area contributed by atoms with E-state index in [9.17, 15) is 18.0 Å². The molecule has 0 fully saturated rings. The molecule has 0 aromatic heterocycles. The molecule has 0 saturated carbocycles. The molecule has 0 atom stereocenters. The summed E-state index contributed by atoms with van der Waals surface area (Å²) in [6.07, 6.45) is -4.38. The van der Waals surface area contributed by atoms with E-state index in [0.717, 1.165) is 12.1 Å². The maximum atomic E-state index is 12.4. The van der Waals surface area contributed by atoms with Gasteiger partial charge < -0.3 is 15.4 Å². The van der Waals surface area contributed by atoms with Gasteiger partial charge in [0.1, 0.15) is 12.1 Å². The van der Waals surface area contributed by atoms with Crippen molar-refractivity contribution in [1.82, 2.24) is 5.32 Å². The lowest BCUT2D eigenvalue weighted by Crippen LogP contribution is -2.36. The summed E-state index contributed by atoms with van der Waals surface area (Å²) in [4.78, 5) is 11.5. The number of nitrogens with one attached hydrogen (secondary N) is 2. The number of carbonyl (C=O) groups is 1. The quantitative estimate of drug-likeness (QED) is 0.656. The molecule has 0 bridgehead atoms. The van der Waals surface area contributed by atoms with Gasteiger partial charge in [0.2, 0.25) is 0 Å². The van der Waals surface area contributed by atoms with Gasteiger partial charge in [0, 0.05) is 5.69 Å². The number of rotatable bonds is 3. The molecule has 0 aliphatic carbocycles. The summed E-state index contributed by atoms with van der Waals surface area (Å²) in [5.41, 5.74) is -0.957. The Balaban J connectivity index is 2.47. The molecule has 0 spiro atoms. The number of benzene rings is 1. The van der Waals surface area contributed by atoms with Crippen molar-refractivity contribution in [2.45, 2.75) is 32.5 Å². The van der Waals surface area contributed by atoms with E-state index >= 15 is 0 Å². The first kappa shape index (κ1) is 18.2. The average Bonchev–Trinajstić information content (AvgIpc) is 2.34. The summed E-state index contributed by atoms with van der Waals surface area (Å²) in [6, 6.07) is 4.40. The molecule has 0 saturated heterocycles. The van der Waals surface area contributed by atoms with Crippen molar-refractivity contribution < 1.29 is 22.7 Å². The second-order valence-electron chi connectivity index (χ2n) is 5.47. The number of hydrogen-bond acceptors (Lipinski definition) is 3. The molecule has 0 unspecified atom stereocenters. The SMILES string of the molecule is CC(C)(C)OC(=O)CNC(=S)Nc1ccc(C(F)(F)F)cc1.